The summed E-state index contributed by atoms with van der Waals surface area (Å²) in [4.78, 5) is 14.6. The molecule has 2 aromatic rings. The molecule has 136 valence electrons. The average molecular weight is 372 g/mol. The number of fused-ring (bicyclic) bond motifs is 1. The fraction of sp³-hybridized carbons (Fsp3) is 0.286. The molecule has 0 heterocycles. The molecule has 0 aliphatic heterocycles. The number of methoxy groups -OCH3 is 1. The molecule has 0 amide bonds. The highest BCUT2D eigenvalue weighted by Gasteiger charge is 2.25. The molecule has 0 saturated heterocycles. The standard InChI is InChI=1S/C21H22ClNO3/c1-26-19-6-7-20-16(14-19)13-17(21(20)25)12-15-2-4-18(5-3-15)23(9-8-22)10-11-24/h2-7,12,14,24H,8-11,13H2,1H3. The average Bonchev–Trinajstić information content (AvgIpc) is 2.97. The van der Waals surface area contributed by atoms with Gasteiger partial charge in [-0.05, 0) is 47.5 Å². The van der Waals surface area contributed by atoms with Gasteiger partial charge in [-0.15, -0.1) is 11.6 Å². The summed E-state index contributed by atoms with van der Waals surface area (Å²) in [6, 6.07) is 13.5. The predicted octanol–water partition coefficient (Wildman–Crippen LogP) is 3.56. The first-order valence-corrected chi connectivity index (χ1v) is 9.13. The molecule has 3 rings (SSSR count). The van der Waals surface area contributed by atoms with Gasteiger partial charge in [-0.3, -0.25) is 4.79 Å². The van der Waals surface area contributed by atoms with Crippen LogP contribution in [0.4, 0.5) is 5.69 Å². The minimum absolute atomic E-state index is 0.0794. The van der Waals surface area contributed by atoms with E-state index in [-0.39, 0.29) is 12.4 Å². The van der Waals surface area contributed by atoms with Gasteiger partial charge in [0.05, 0.1) is 13.7 Å². The van der Waals surface area contributed by atoms with Crippen molar-refractivity contribution in [1.29, 1.82) is 0 Å². The summed E-state index contributed by atoms with van der Waals surface area (Å²) in [5, 5.41) is 9.18. The van der Waals surface area contributed by atoms with Crippen molar-refractivity contribution < 1.29 is 14.6 Å². The van der Waals surface area contributed by atoms with Crippen molar-refractivity contribution in [3.63, 3.8) is 0 Å². The number of allylic oxidation sites excluding steroid dienone is 1. The van der Waals surface area contributed by atoms with Crippen molar-refractivity contribution in [3.8, 4) is 5.75 Å². The van der Waals surface area contributed by atoms with Gasteiger partial charge in [0.2, 0.25) is 0 Å². The highest BCUT2D eigenvalue weighted by molar-refractivity contribution is 6.18. The molecular formula is C21H22ClNO3. The van der Waals surface area contributed by atoms with Crippen LogP contribution in [0.25, 0.3) is 6.08 Å². The summed E-state index contributed by atoms with van der Waals surface area (Å²) in [5.74, 6) is 1.35. The number of carbonyl (C=O) groups excluding carboxylic acids is 1. The normalized spacial score (nSPS) is 14.6. The number of alkyl halides is 1. The van der Waals surface area contributed by atoms with Crippen molar-refractivity contribution >= 4 is 29.1 Å². The first-order valence-electron chi connectivity index (χ1n) is 8.60. The number of nitrogens with zero attached hydrogens (tertiary/aromatic N) is 1. The molecule has 4 nitrogen and oxygen atoms in total. The van der Waals surface area contributed by atoms with Crippen LogP contribution in [-0.4, -0.2) is 43.6 Å². The van der Waals surface area contributed by atoms with E-state index >= 15 is 0 Å². The number of benzene rings is 2. The molecular weight excluding hydrogens is 350 g/mol. The summed E-state index contributed by atoms with van der Waals surface area (Å²) < 4.78 is 5.24. The number of hydrogen-bond donors (Lipinski definition) is 1. The Balaban J connectivity index is 1.79. The van der Waals surface area contributed by atoms with Gasteiger partial charge < -0.3 is 14.7 Å². The number of halogens is 1. The van der Waals surface area contributed by atoms with Crippen LogP contribution in [0.15, 0.2) is 48.0 Å². The maximum absolute atomic E-state index is 12.6. The van der Waals surface area contributed by atoms with Crippen molar-refractivity contribution in [1.82, 2.24) is 0 Å². The smallest absolute Gasteiger partial charge is 0.189 e. The van der Waals surface area contributed by atoms with Crippen LogP contribution in [-0.2, 0) is 6.42 Å². The molecule has 1 aliphatic carbocycles. The van der Waals surface area contributed by atoms with Gasteiger partial charge in [0, 0.05) is 42.2 Å². The van der Waals surface area contributed by atoms with Crippen LogP contribution in [0.3, 0.4) is 0 Å². The molecule has 0 bridgehead atoms. The van der Waals surface area contributed by atoms with E-state index in [1.54, 1.807) is 7.11 Å². The summed E-state index contributed by atoms with van der Waals surface area (Å²) >= 11 is 5.83. The van der Waals surface area contributed by atoms with Crippen molar-refractivity contribution in [2.24, 2.45) is 0 Å². The fourth-order valence-electron chi connectivity index (χ4n) is 3.22. The Bertz CT molecular complexity index is 809. The van der Waals surface area contributed by atoms with Gasteiger partial charge in [-0.25, -0.2) is 0 Å². The molecule has 0 unspecified atom stereocenters. The molecule has 0 saturated carbocycles. The Hall–Kier alpha value is -2.30. The van der Waals surface area contributed by atoms with Crippen molar-refractivity contribution in [2.75, 3.05) is 37.6 Å². The second kappa shape index (κ2) is 8.39. The third-order valence-electron chi connectivity index (χ3n) is 4.55. The van der Waals surface area contributed by atoms with Crippen LogP contribution in [0.5, 0.6) is 5.75 Å². The number of ether oxygens (including phenoxy) is 1. The van der Waals surface area contributed by atoms with Crippen LogP contribution < -0.4 is 9.64 Å². The number of Topliss-reactive ketones (excluding diaryl/α,β-unsaturated/α-hetero) is 1. The summed E-state index contributed by atoms with van der Waals surface area (Å²) in [7, 11) is 1.63. The molecule has 0 atom stereocenters. The molecule has 5 heteroatoms. The molecule has 0 spiro atoms. The lowest BCUT2D eigenvalue weighted by molar-refractivity contribution is 0.104. The highest BCUT2D eigenvalue weighted by atomic mass is 35.5. The van der Waals surface area contributed by atoms with E-state index in [1.807, 2.05) is 53.4 Å². The van der Waals surface area contributed by atoms with Crippen LogP contribution in [0, 0.1) is 0 Å². The van der Waals surface area contributed by atoms with E-state index in [2.05, 4.69) is 0 Å². The number of carbonyl (C=O) groups is 1. The van der Waals surface area contributed by atoms with Crippen molar-refractivity contribution in [3.05, 3.63) is 64.7 Å². The number of aliphatic hydroxyl groups excluding tert-OH is 1. The third-order valence-corrected chi connectivity index (χ3v) is 4.72. The lowest BCUT2D eigenvalue weighted by Crippen LogP contribution is -2.28. The summed E-state index contributed by atoms with van der Waals surface area (Å²) in [5.41, 5.74) is 4.53. The zero-order valence-electron chi connectivity index (χ0n) is 14.7. The fourth-order valence-corrected chi connectivity index (χ4v) is 3.42. The maximum atomic E-state index is 12.6. The zero-order chi connectivity index (χ0) is 18.5. The molecule has 2 aromatic carbocycles. The first kappa shape index (κ1) is 18.5. The largest absolute Gasteiger partial charge is 0.497 e. The number of rotatable bonds is 7. The molecule has 1 N–H and O–H groups in total. The minimum atomic E-state index is 0.0794. The van der Waals surface area contributed by atoms with Crippen LogP contribution in [0.1, 0.15) is 21.5 Å². The van der Waals surface area contributed by atoms with Gasteiger partial charge in [0.25, 0.3) is 0 Å². The lowest BCUT2D eigenvalue weighted by atomic mass is 10.1. The Kier molecular flexibility index (Phi) is 5.96. The van der Waals surface area contributed by atoms with E-state index < -0.39 is 0 Å². The SMILES string of the molecule is COc1ccc2c(c1)CC(=Cc1ccc(N(CCO)CCCl)cc1)C2=O. The Morgan fingerprint density at radius 3 is 2.62 bits per heavy atom. The van der Waals surface area contributed by atoms with Crippen molar-refractivity contribution in [2.45, 2.75) is 6.42 Å². The lowest BCUT2D eigenvalue weighted by Gasteiger charge is -2.22. The molecule has 26 heavy (non-hydrogen) atoms. The number of ketones is 1. The Labute approximate surface area is 158 Å². The minimum Gasteiger partial charge on any atom is -0.497 e. The van der Waals surface area contributed by atoms with E-state index in [0.29, 0.717) is 25.4 Å². The molecule has 1 aliphatic rings. The highest BCUT2D eigenvalue weighted by Crippen LogP contribution is 2.30. The van der Waals surface area contributed by atoms with E-state index in [1.165, 1.54) is 0 Å². The van der Waals surface area contributed by atoms with E-state index in [4.69, 9.17) is 16.3 Å². The van der Waals surface area contributed by atoms with Gasteiger partial charge in [0.15, 0.2) is 5.78 Å². The number of hydrogen-bond acceptors (Lipinski definition) is 4. The third kappa shape index (κ3) is 3.92. The zero-order valence-corrected chi connectivity index (χ0v) is 15.5. The maximum Gasteiger partial charge on any atom is 0.189 e. The molecule has 0 radical (unpaired) electrons. The second-order valence-corrected chi connectivity index (χ2v) is 6.57. The number of anilines is 1. The number of aliphatic hydroxyl groups is 1. The van der Waals surface area contributed by atoms with Gasteiger partial charge in [-0.2, -0.15) is 0 Å². The quantitative estimate of drug-likeness (QED) is 0.597. The van der Waals surface area contributed by atoms with Crippen LogP contribution >= 0.6 is 11.6 Å². The Morgan fingerprint density at radius 2 is 1.96 bits per heavy atom. The summed E-state index contributed by atoms with van der Waals surface area (Å²) in [6.07, 6.45) is 2.56. The molecule has 0 fully saturated rings. The monoisotopic (exact) mass is 371 g/mol. The predicted molar refractivity (Wildman–Crippen MR) is 105 cm³/mol. The topological polar surface area (TPSA) is 49.8 Å². The van der Waals surface area contributed by atoms with Gasteiger partial charge in [-0.1, -0.05) is 12.1 Å². The van der Waals surface area contributed by atoms with Gasteiger partial charge in [0.1, 0.15) is 5.75 Å². The second-order valence-electron chi connectivity index (χ2n) is 6.19. The van der Waals surface area contributed by atoms with E-state index in [9.17, 15) is 9.90 Å². The van der Waals surface area contributed by atoms with E-state index in [0.717, 1.165) is 33.7 Å². The summed E-state index contributed by atoms with van der Waals surface area (Å²) in [6.45, 7) is 1.31. The Morgan fingerprint density at radius 1 is 1.19 bits per heavy atom. The van der Waals surface area contributed by atoms with Crippen LogP contribution in [0.2, 0.25) is 0 Å². The first-order chi connectivity index (χ1) is 12.7. The molecule has 0 aromatic heterocycles. The van der Waals surface area contributed by atoms with Gasteiger partial charge >= 0.3 is 0 Å².